The minimum Gasteiger partial charge on any atom is -0.397 e. The Morgan fingerprint density at radius 2 is 2.14 bits per heavy atom. The molecule has 118 valence electrons. The second-order valence-corrected chi connectivity index (χ2v) is 4.86. The molecule has 0 spiro atoms. The number of carbonyl (C=O) groups is 1. The van der Waals surface area contributed by atoms with Crippen LogP contribution in [0.4, 0.5) is 24.5 Å². The average Bonchev–Trinajstić information content (AvgIpc) is 2.37. The van der Waals surface area contributed by atoms with Crippen LogP contribution in [-0.4, -0.2) is 24.8 Å². The number of carbonyl (C=O) groups excluding carboxylic acids is 1. The fourth-order valence-corrected chi connectivity index (χ4v) is 1.59. The van der Waals surface area contributed by atoms with Gasteiger partial charge >= 0.3 is 6.18 Å². The number of rotatable bonds is 6. The molecule has 0 heterocycles. The van der Waals surface area contributed by atoms with Crippen LogP contribution >= 0.6 is 11.6 Å². The predicted molar refractivity (Wildman–Crippen MR) is 75.2 cm³/mol. The number of alkyl halides is 3. The molecule has 0 aliphatic carbocycles. The first-order chi connectivity index (χ1) is 9.69. The van der Waals surface area contributed by atoms with Crippen LogP contribution in [0.2, 0.25) is 5.02 Å². The molecule has 0 saturated carbocycles. The fraction of sp³-hybridized carbons (Fsp3) is 0.462. The smallest absolute Gasteiger partial charge is 0.389 e. The van der Waals surface area contributed by atoms with Gasteiger partial charge in [0, 0.05) is 18.7 Å². The Bertz CT molecular complexity index is 495. The molecule has 4 nitrogen and oxygen atoms in total. The summed E-state index contributed by atoms with van der Waals surface area (Å²) in [5.74, 6) is -0.469. The van der Waals surface area contributed by atoms with Crippen LogP contribution in [0, 0.1) is 0 Å². The number of nitrogens with two attached hydrogens (primary N) is 1. The van der Waals surface area contributed by atoms with Gasteiger partial charge in [0.15, 0.2) is 0 Å². The molecule has 0 saturated heterocycles. The van der Waals surface area contributed by atoms with Crippen molar-refractivity contribution >= 4 is 28.9 Å². The number of nitrogen functional groups attached to an aromatic ring is 1. The number of ether oxygens (including phenoxy) is 1. The third-order valence-electron chi connectivity index (χ3n) is 2.61. The Morgan fingerprint density at radius 1 is 1.48 bits per heavy atom. The van der Waals surface area contributed by atoms with Crippen molar-refractivity contribution in [3.05, 3.63) is 23.2 Å². The molecule has 0 fully saturated rings. The highest BCUT2D eigenvalue weighted by atomic mass is 35.5. The second-order valence-electron chi connectivity index (χ2n) is 4.46. The van der Waals surface area contributed by atoms with Gasteiger partial charge < -0.3 is 15.8 Å². The maximum atomic E-state index is 11.9. The number of hydrogen-bond acceptors (Lipinski definition) is 3. The van der Waals surface area contributed by atoms with E-state index in [4.69, 9.17) is 22.1 Å². The Hall–Kier alpha value is -1.47. The lowest BCUT2D eigenvalue weighted by Gasteiger charge is -2.14. The van der Waals surface area contributed by atoms with Gasteiger partial charge in [0.05, 0.1) is 10.7 Å². The van der Waals surface area contributed by atoms with Gasteiger partial charge in [0.25, 0.3) is 5.91 Å². The van der Waals surface area contributed by atoms with Gasteiger partial charge in [0.1, 0.15) is 6.10 Å². The molecule has 1 rings (SSSR count). The number of benzene rings is 1. The summed E-state index contributed by atoms with van der Waals surface area (Å²) in [5.41, 5.74) is 6.34. The standard InChI is InChI=1S/C13H16ClF3N2O2/c1-8(21-6-2-5-13(15,16)17)12(20)19-9-3-4-10(14)11(18)7-9/h3-4,7-8H,2,5-6,18H2,1H3,(H,19,20). The quantitative estimate of drug-likeness (QED) is 0.620. The Labute approximate surface area is 125 Å². The molecular formula is C13H16ClF3N2O2. The largest absolute Gasteiger partial charge is 0.397 e. The third-order valence-corrected chi connectivity index (χ3v) is 2.95. The Morgan fingerprint density at radius 3 is 2.71 bits per heavy atom. The molecule has 1 amide bonds. The number of hydrogen-bond donors (Lipinski definition) is 2. The molecule has 0 aromatic heterocycles. The highest BCUT2D eigenvalue weighted by molar-refractivity contribution is 6.33. The normalized spacial score (nSPS) is 13.0. The van der Waals surface area contributed by atoms with Gasteiger partial charge in [-0.15, -0.1) is 0 Å². The zero-order valence-corrected chi connectivity index (χ0v) is 12.1. The topological polar surface area (TPSA) is 64.3 Å². The van der Waals surface area contributed by atoms with E-state index in [1.807, 2.05) is 0 Å². The highest BCUT2D eigenvalue weighted by Gasteiger charge is 2.26. The molecule has 0 aliphatic rings. The van der Waals surface area contributed by atoms with Gasteiger partial charge in [-0.3, -0.25) is 4.79 Å². The van der Waals surface area contributed by atoms with E-state index in [0.717, 1.165) is 0 Å². The summed E-state index contributed by atoms with van der Waals surface area (Å²) in [7, 11) is 0. The van der Waals surface area contributed by atoms with E-state index < -0.39 is 24.6 Å². The van der Waals surface area contributed by atoms with Gasteiger partial charge in [-0.1, -0.05) is 11.6 Å². The van der Waals surface area contributed by atoms with Crippen molar-refractivity contribution in [3.8, 4) is 0 Å². The molecule has 0 bridgehead atoms. The molecule has 1 aromatic rings. The van der Waals surface area contributed by atoms with Crippen LogP contribution in [-0.2, 0) is 9.53 Å². The Kier molecular flexibility index (Phi) is 6.29. The lowest BCUT2D eigenvalue weighted by molar-refractivity contribution is -0.140. The summed E-state index contributed by atoms with van der Waals surface area (Å²) >= 11 is 5.75. The minimum absolute atomic E-state index is 0.142. The average molecular weight is 325 g/mol. The first-order valence-electron chi connectivity index (χ1n) is 6.23. The van der Waals surface area contributed by atoms with Crippen molar-refractivity contribution in [1.82, 2.24) is 0 Å². The molecule has 8 heteroatoms. The van der Waals surface area contributed by atoms with Crippen molar-refractivity contribution in [3.63, 3.8) is 0 Å². The van der Waals surface area contributed by atoms with Crippen molar-refractivity contribution < 1.29 is 22.7 Å². The van der Waals surface area contributed by atoms with E-state index in [2.05, 4.69) is 5.32 Å². The molecule has 3 N–H and O–H groups in total. The summed E-state index contributed by atoms with van der Waals surface area (Å²) in [6.07, 6.45) is -6.20. The van der Waals surface area contributed by atoms with Crippen LogP contribution in [0.15, 0.2) is 18.2 Å². The zero-order chi connectivity index (χ0) is 16.0. The van der Waals surface area contributed by atoms with Crippen molar-refractivity contribution in [2.45, 2.75) is 32.0 Å². The summed E-state index contributed by atoms with van der Waals surface area (Å²) in [6, 6.07) is 4.57. The van der Waals surface area contributed by atoms with Crippen LogP contribution in [0.5, 0.6) is 0 Å². The molecule has 1 unspecified atom stereocenters. The van der Waals surface area contributed by atoms with Crippen LogP contribution in [0.25, 0.3) is 0 Å². The van der Waals surface area contributed by atoms with Gasteiger partial charge in [-0.2, -0.15) is 13.2 Å². The van der Waals surface area contributed by atoms with Crippen LogP contribution in [0.1, 0.15) is 19.8 Å². The van der Waals surface area contributed by atoms with Crippen LogP contribution in [0.3, 0.4) is 0 Å². The number of anilines is 2. The number of nitrogens with one attached hydrogen (secondary N) is 1. The van der Waals surface area contributed by atoms with Gasteiger partial charge in [-0.05, 0) is 31.5 Å². The molecule has 0 radical (unpaired) electrons. The summed E-state index contributed by atoms with van der Waals surface area (Å²) in [4.78, 5) is 11.8. The third kappa shape index (κ3) is 6.68. The van der Waals surface area contributed by atoms with Crippen LogP contribution < -0.4 is 11.1 Å². The maximum Gasteiger partial charge on any atom is 0.389 e. The van der Waals surface area contributed by atoms with E-state index in [9.17, 15) is 18.0 Å². The van der Waals surface area contributed by atoms with E-state index in [1.165, 1.54) is 19.1 Å². The second kappa shape index (κ2) is 7.51. The summed E-state index contributed by atoms with van der Waals surface area (Å²) < 4.78 is 40.9. The zero-order valence-electron chi connectivity index (χ0n) is 11.3. The molecule has 1 atom stereocenters. The summed E-state index contributed by atoms with van der Waals surface area (Å²) in [6.45, 7) is 1.32. The molecular weight excluding hydrogens is 309 g/mol. The maximum absolute atomic E-state index is 11.9. The van der Waals surface area contributed by atoms with Gasteiger partial charge in [-0.25, -0.2) is 0 Å². The first kappa shape index (κ1) is 17.6. The Balaban J connectivity index is 2.39. The molecule has 1 aromatic carbocycles. The SMILES string of the molecule is CC(OCCCC(F)(F)F)C(=O)Nc1ccc(Cl)c(N)c1. The monoisotopic (exact) mass is 324 g/mol. The van der Waals surface area contributed by atoms with E-state index in [0.29, 0.717) is 16.4 Å². The fourth-order valence-electron chi connectivity index (χ4n) is 1.47. The summed E-state index contributed by atoms with van der Waals surface area (Å²) in [5, 5.41) is 2.91. The number of amides is 1. The van der Waals surface area contributed by atoms with Gasteiger partial charge in [0.2, 0.25) is 0 Å². The predicted octanol–water partition coefficient (Wildman–Crippen LogP) is 3.61. The highest BCUT2D eigenvalue weighted by Crippen LogP contribution is 2.23. The lowest BCUT2D eigenvalue weighted by atomic mass is 10.2. The number of halogens is 4. The van der Waals surface area contributed by atoms with E-state index in [-0.39, 0.29) is 13.0 Å². The first-order valence-corrected chi connectivity index (χ1v) is 6.61. The molecule has 0 aliphatic heterocycles. The van der Waals surface area contributed by atoms with Crippen molar-refractivity contribution in [2.75, 3.05) is 17.7 Å². The van der Waals surface area contributed by atoms with Crippen molar-refractivity contribution in [1.29, 1.82) is 0 Å². The van der Waals surface area contributed by atoms with Crippen molar-refractivity contribution in [2.24, 2.45) is 0 Å². The van der Waals surface area contributed by atoms with E-state index in [1.54, 1.807) is 6.07 Å². The minimum atomic E-state index is -4.21. The van der Waals surface area contributed by atoms with E-state index >= 15 is 0 Å². The lowest BCUT2D eigenvalue weighted by Crippen LogP contribution is -2.28. The molecule has 21 heavy (non-hydrogen) atoms.